The topological polar surface area (TPSA) is 72.4 Å². The molecule has 0 atom stereocenters. The van der Waals surface area contributed by atoms with Gasteiger partial charge in [0, 0.05) is 49.5 Å². The lowest BCUT2D eigenvalue weighted by molar-refractivity contribution is 0.122. The van der Waals surface area contributed by atoms with Gasteiger partial charge < -0.3 is 19.7 Å². The molecular weight excluding hydrogens is 397 g/mol. The van der Waals surface area contributed by atoms with Crippen LogP contribution in [0.4, 0.5) is 15.9 Å². The zero-order chi connectivity index (χ0) is 21.0. The van der Waals surface area contributed by atoms with Crippen molar-refractivity contribution in [1.29, 1.82) is 0 Å². The molecule has 162 valence electrons. The molecule has 1 aromatic carbocycles. The highest BCUT2D eigenvalue weighted by atomic mass is 19.1. The first-order chi connectivity index (χ1) is 15.3. The van der Waals surface area contributed by atoms with E-state index < -0.39 is 0 Å². The SMILES string of the molecule is Fc1cccnc1NC1CCC(Oc2cc(N3CCOCC3)cc3nccnc23)CC1. The van der Waals surface area contributed by atoms with Crippen LogP contribution in [0, 0.1) is 5.82 Å². The number of rotatable bonds is 5. The van der Waals surface area contributed by atoms with Crippen molar-refractivity contribution in [2.24, 2.45) is 0 Å². The third-order valence-electron chi connectivity index (χ3n) is 5.97. The van der Waals surface area contributed by atoms with Crippen LogP contribution in [0.3, 0.4) is 0 Å². The van der Waals surface area contributed by atoms with Crippen LogP contribution in [-0.2, 0) is 4.74 Å². The van der Waals surface area contributed by atoms with Crippen LogP contribution in [0.15, 0.2) is 42.9 Å². The second kappa shape index (κ2) is 9.01. The molecule has 1 N–H and O–H groups in total. The molecule has 0 unspecified atom stereocenters. The Labute approximate surface area is 180 Å². The molecular formula is C23H26FN5O2. The molecule has 2 aromatic heterocycles. The maximum Gasteiger partial charge on any atom is 0.165 e. The lowest BCUT2D eigenvalue weighted by Crippen LogP contribution is -2.36. The molecule has 7 nitrogen and oxygen atoms in total. The summed E-state index contributed by atoms with van der Waals surface area (Å²) in [6.07, 6.45) is 8.67. The maximum atomic E-state index is 13.9. The summed E-state index contributed by atoms with van der Waals surface area (Å²) in [5, 5.41) is 3.23. The van der Waals surface area contributed by atoms with Crippen LogP contribution in [0.5, 0.6) is 5.75 Å². The second-order valence-electron chi connectivity index (χ2n) is 8.04. The number of aromatic nitrogens is 3. The van der Waals surface area contributed by atoms with Gasteiger partial charge in [-0.3, -0.25) is 4.98 Å². The molecule has 5 rings (SSSR count). The van der Waals surface area contributed by atoms with Crippen LogP contribution >= 0.6 is 0 Å². The van der Waals surface area contributed by atoms with Crippen molar-refractivity contribution in [2.45, 2.75) is 37.8 Å². The van der Waals surface area contributed by atoms with Gasteiger partial charge in [0.25, 0.3) is 0 Å². The fourth-order valence-electron chi connectivity index (χ4n) is 4.31. The average Bonchev–Trinajstić information content (AvgIpc) is 2.82. The molecule has 1 saturated heterocycles. The highest BCUT2D eigenvalue weighted by Crippen LogP contribution is 2.33. The third kappa shape index (κ3) is 4.54. The van der Waals surface area contributed by atoms with Crippen LogP contribution in [0.2, 0.25) is 0 Å². The van der Waals surface area contributed by atoms with Gasteiger partial charge in [0.15, 0.2) is 11.6 Å². The van der Waals surface area contributed by atoms with E-state index in [9.17, 15) is 4.39 Å². The summed E-state index contributed by atoms with van der Waals surface area (Å²) in [4.78, 5) is 15.4. The van der Waals surface area contributed by atoms with Gasteiger partial charge in [-0.2, -0.15) is 0 Å². The van der Waals surface area contributed by atoms with Crippen LogP contribution < -0.4 is 15.0 Å². The van der Waals surface area contributed by atoms with E-state index in [2.05, 4.69) is 37.3 Å². The van der Waals surface area contributed by atoms with Crippen molar-refractivity contribution in [3.63, 3.8) is 0 Å². The van der Waals surface area contributed by atoms with Crippen molar-refractivity contribution in [3.05, 3.63) is 48.7 Å². The maximum absolute atomic E-state index is 13.9. The summed E-state index contributed by atoms with van der Waals surface area (Å²) in [5.41, 5.74) is 2.71. The fourth-order valence-corrected chi connectivity index (χ4v) is 4.31. The van der Waals surface area contributed by atoms with Gasteiger partial charge in [-0.25, -0.2) is 14.4 Å². The number of pyridine rings is 1. The van der Waals surface area contributed by atoms with E-state index in [1.807, 2.05) is 0 Å². The molecule has 0 radical (unpaired) electrons. The van der Waals surface area contributed by atoms with E-state index in [1.165, 1.54) is 6.07 Å². The first kappa shape index (κ1) is 19.9. The summed E-state index contributed by atoms with van der Waals surface area (Å²) in [6.45, 7) is 3.16. The lowest BCUT2D eigenvalue weighted by Gasteiger charge is -2.31. The zero-order valence-electron chi connectivity index (χ0n) is 17.3. The van der Waals surface area contributed by atoms with E-state index in [0.717, 1.165) is 74.5 Å². The average molecular weight is 423 g/mol. The molecule has 1 aliphatic carbocycles. The number of fused-ring (bicyclic) bond motifs is 1. The van der Waals surface area contributed by atoms with Gasteiger partial charge in [0.2, 0.25) is 0 Å². The Morgan fingerprint density at radius 2 is 1.81 bits per heavy atom. The van der Waals surface area contributed by atoms with Crippen molar-refractivity contribution in [2.75, 3.05) is 36.5 Å². The molecule has 0 bridgehead atoms. The molecule has 0 spiro atoms. The fraction of sp³-hybridized carbons (Fsp3) is 0.435. The Bertz CT molecular complexity index is 1040. The van der Waals surface area contributed by atoms with Gasteiger partial charge >= 0.3 is 0 Å². The molecule has 0 amide bonds. The minimum Gasteiger partial charge on any atom is -0.488 e. The molecule has 8 heteroatoms. The minimum absolute atomic E-state index is 0.0942. The third-order valence-corrected chi connectivity index (χ3v) is 5.97. The predicted molar refractivity (Wildman–Crippen MR) is 117 cm³/mol. The largest absolute Gasteiger partial charge is 0.488 e. The number of nitrogens with zero attached hydrogens (tertiary/aromatic N) is 4. The molecule has 1 saturated carbocycles. The second-order valence-corrected chi connectivity index (χ2v) is 8.04. The zero-order valence-corrected chi connectivity index (χ0v) is 17.3. The van der Waals surface area contributed by atoms with Crippen molar-refractivity contribution in [1.82, 2.24) is 15.0 Å². The van der Waals surface area contributed by atoms with Crippen molar-refractivity contribution in [3.8, 4) is 5.75 Å². The van der Waals surface area contributed by atoms with E-state index in [0.29, 0.717) is 5.82 Å². The molecule has 3 aromatic rings. The Balaban J connectivity index is 1.28. The normalized spacial score (nSPS) is 21.8. The number of ether oxygens (including phenoxy) is 2. The Kier molecular flexibility index (Phi) is 5.80. The first-order valence-corrected chi connectivity index (χ1v) is 10.9. The van der Waals surface area contributed by atoms with Crippen LogP contribution in [0.1, 0.15) is 25.7 Å². The van der Waals surface area contributed by atoms with Crippen LogP contribution in [0.25, 0.3) is 11.0 Å². The Morgan fingerprint density at radius 3 is 2.61 bits per heavy atom. The summed E-state index contributed by atoms with van der Waals surface area (Å²) >= 11 is 0. The highest BCUT2D eigenvalue weighted by molar-refractivity contribution is 5.85. The van der Waals surface area contributed by atoms with Gasteiger partial charge in [0.1, 0.15) is 11.3 Å². The molecule has 31 heavy (non-hydrogen) atoms. The lowest BCUT2D eigenvalue weighted by atomic mass is 9.93. The number of morpholine rings is 1. The summed E-state index contributed by atoms with van der Waals surface area (Å²) in [7, 11) is 0. The minimum atomic E-state index is -0.314. The van der Waals surface area contributed by atoms with Gasteiger partial charge in [-0.05, 0) is 43.9 Å². The van der Waals surface area contributed by atoms with E-state index in [-0.39, 0.29) is 18.0 Å². The predicted octanol–water partition coefficient (Wildman–Crippen LogP) is 3.80. The van der Waals surface area contributed by atoms with Crippen molar-refractivity contribution >= 4 is 22.5 Å². The smallest absolute Gasteiger partial charge is 0.165 e. The number of benzene rings is 1. The molecule has 2 fully saturated rings. The Hall–Kier alpha value is -3.00. The summed E-state index contributed by atoms with van der Waals surface area (Å²) < 4.78 is 25.8. The van der Waals surface area contributed by atoms with Gasteiger partial charge in [0.05, 0.1) is 24.8 Å². The van der Waals surface area contributed by atoms with Gasteiger partial charge in [-0.15, -0.1) is 0 Å². The van der Waals surface area contributed by atoms with Gasteiger partial charge in [-0.1, -0.05) is 0 Å². The molecule has 1 aliphatic heterocycles. The quantitative estimate of drug-likeness (QED) is 0.669. The first-order valence-electron chi connectivity index (χ1n) is 10.9. The van der Waals surface area contributed by atoms with E-state index >= 15 is 0 Å². The van der Waals surface area contributed by atoms with Crippen molar-refractivity contribution < 1.29 is 13.9 Å². The number of nitrogens with one attached hydrogen (secondary N) is 1. The van der Waals surface area contributed by atoms with Crippen LogP contribution in [-0.4, -0.2) is 53.4 Å². The van der Waals surface area contributed by atoms with E-state index in [4.69, 9.17) is 9.47 Å². The standard InChI is InChI=1S/C23H26FN5O2/c24-19-2-1-7-27-23(19)28-16-3-5-18(6-4-16)31-21-15-17(29-10-12-30-13-11-29)14-20-22(21)26-9-8-25-20/h1-2,7-9,14-16,18H,3-6,10-13H2,(H,27,28). The summed E-state index contributed by atoms with van der Waals surface area (Å²) in [5.74, 6) is 0.788. The highest BCUT2D eigenvalue weighted by Gasteiger charge is 2.25. The number of halogens is 1. The molecule has 2 aliphatic rings. The summed E-state index contributed by atoms with van der Waals surface area (Å²) in [6, 6.07) is 7.38. The number of hydrogen-bond donors (Lipinski definition) is 1. The monoisotopic (exact) mass is 423 g/mol. The Morgan fingerprint density at radius 1 is 1.00 bits per heavy atom. The molecule has 3 heterocycles. The van der Waals surface area contributed by atoms with E-state index in [1.54, 1.807) is 24.7 Å². The number of hydrogen-bond acceptors (Lipinski definition) is 7. The number of anilines is 2.